The normalized spacial score (nSPS) is 10.9. The predicted molar refractivity (Wildman–Crippen MR) is 87.5 cm³/mol. The number of anilines is 2. The maximum atomic E-state index is 12.4. The van der Waals surface area contributed by atoms with Crippen LogP contribution in [0.25, 0.3) is 0 Å². The van der Waals surface area contributed by atoms with Gasteiger partial charge in [0.15, 0.2) is 0 Å². The van der Waals surface area contributed by atoms with Crippen LogP contribution in [0.3, 0.4) is 0 Å². The zero-order valence-electron chi connectivity index (χ0n) is 13.1. The highest BCUT2D eigenvalue weighted by Gasteiger charge is 2.14. The largest absolute Gasteiger partial charge is 0.330 e. The fourth-order valence-electron chi connectivity index (χ4n) is 2.15. The molecule has 23 heavy (non-hydrogen) atoms. The maximum absolute atomic E-state index is 12.4. The van der Waals surface area contributed by atoms with E-state index in [9.17, 15) is 10.1 Å². The van der Waals surface area contributed by atoms with E-state index in [4.69, 9.17) is 0 Å². The topological polar surface area (TPSA) is 106 Å². The lowest BCUT2D eigenvalue weighted by atomic mass is 10.0. The van der Waals surface area contributed by atoms with E-state index in [1.165, 1.54) is 12.5 Å². The van der Waals surface area contributed by atoms with Gasteiger partial charge in [0.05, 0.1) is 0 Å². The Morgan fingerprint density at radius 1 is 1.35 bits per heavy atom. The van der Waals surface area contributed by atoms with Crippen LogP contribution in [0.1, 0.15) is 25.0 Å². The number of aromatic amines is 1. The Kier molecular flexibility index (Phi) is 5.47. The first-order valence-corrected chi connectivity index (χ1v) is 7.33. The third-order valence-corrected chi connectivity index (χ3v) is 3.37. The first-order chi connectivity index (χ1) is 11.2. The summed E-state index contributed by atoms with van der Waals surface area (Å²) in [4.78, 5) is 16.2. The van der Waals surface area contributed by atoms with Gasteiger partial charge in [0.2, 0.25) is 5.95 Å². The summed E-state index contributed by atoms with van der Waals surface area (Å²) in [5.41, 5.74) is 2.81. The van der Waals surface area contributed by atoms with Crippen LogP contribution < -0.4 is 10.6 Å². The van der Waals surface area contributed by atoms with Crippen LogP contribution in [-0.2, 0) is 17.6 Å². The van der Waals surface area contributed by atoms with Gasteiger partial charge in [-0.15, -0.1) is 0 Å². The third kappa shape index (κ3) is 3.95. The summed E-state index contributed by atoms with van der Waals surface area (Å²) in [6.45, 7) is 4.05. The zero-order valence-corrected chi connectivity index (χ0v) is 13.1. The number of rotatable bonds is 6. The molecular formula is C16H18N6O. The molecule has 1 aromatic heterocycles. The van der Waals surface area contributed by atoms with Gasteiger partial charge in [-0.2, -0.15) is 15.3 Å². The molecule has 0 saturated carbocycles. The van der Waals surface area contributed by atoms with E-state index in [0.29, 0.717) is 5.95 Å². The Hall–Kier alpha value is -3.14. The van der Waals surface area contributed by atoms with Crippen molar-refractivity contribution in [1.29, 1.82) is 5.26 Å². The number of carbonyl (C=O) groups excluding carboxylic acids is 1. The lowest BCUT2D eigenvalue weighted by Gasteiger charge is -2.14. The van der Waals surface area contributed by atoms with Gasteiger partial charge in [-0.3, -0.25) is 4.79 Å². The predicted octanol–water partition coefficient (Wildman–Crippen LogP) is 2.39. The van der Waals surface area contributed by atoms with Gasteiger partial charge in [-0.1, -0.05) is 32.0 Å². The molecule has 2 aromatic rings. The molecule has 0 spiro atoms. The van der Waals surface area contributed by atoms with E-state index >= 15 is 0 Å². The standard InChI is InChI=1S/C16H18N6O/c1-3-11-6-5-7-12(4-2)14(11)21-15(23)13(8-17)9-18-16-19-10-20-22-16/h5-7,9-10H,3-4H2,1-2H3,(H,21,23)(H2,18,19,20,22)/b13-9-. The number of benzene rings is 1. The van der Waals surface area contributed by atoms with Crippen LogP contribution >= 0.6 is 0 Å². The fourth-order valence-corrected chi connectivity index (χ4v) is 2.15. The number of nitriles is 1. The quantitative estimate of drug-likeness (QED) is 0.561. The van der Waals surface area contributed by atoms with Crippen molar-refractivity contribution in [2.24, 2.45) is 0 Å². The average Bonchev–Trinajstić information content (AvgIpc) is 3.09. The van der Waals surface area contributed by atoms with Crippen molar-refractivity contribution >= 4 is 17.5 Å². The molecule has 0 aliphatic rings. The summed E-state index contributed by atoms with van der Waals surface area (Å²) in [6.07, 6.45) is 4.22. The highest BCUT2D eigenvalue weighted by molar-refractivity contribution is 6.07. The summed E-state index contributed by atoms with van der Waals surface area (Å²) in [6, 6.07) is 7.80. The SMILES string of the molecule is CCc1cccc(CC)c1NC(=O)/C(C#N)=C\Nc1ncn[nH]1. The zero-order chi connectivity index (χ0) is 16.7. The van der Waals surface area contributed by atoms with Gasteiger partial charge in [0, 0.05) is 11.9 Å². The molecule has 0 fully saturated rings. The Labute approximate surface area is 134 Å². The van der Waals surface area contributed by atoms with Crippen molar-refractivity contribution in [2.45, 2.75) is 26.7 Å². The lowest BCUT2D eigenvalue weighted by molar-refractivity contribution is -0.112. The molecule has 0 atom stereocenters. The van der Waals surface area contributed by atoms with Crippen LogP contribution in [0.15, 0.2) is 36.3 Å². The number of H-pyrrole nitrogens is 1. The molecule has 0 radical (unpaired) electrons. The number of hydrogen-bond donors (Lipinski definition) is 3. The number of aromatic nitrogens is 3. The molecule has 0 unspecified atom stereocenters. The monoisotopic (exact) mass is 310 g/mol. The Bertz CT molecular complexity index is 720. The number of carbonyl (C=O) groups is 1. The first-order valence-electron chi connectivity index (χ1n) is 7.33. The summed E-state index contributed by atoms with van der Waals surface area (Å²) >= 11 is 0. The lowest BCUT2D eigenvalue weighted by Crippen LogP contribution is -2.17. The molecule has 1 aromatic carbocycles. The Morgan fingerprint density at radius 3 is 2.57 bits per heavy atom. The fraction of sp³-hybridized carbons (Fsp3) is 0.250. The van der Waals surface area contributed by atoms with Crippen LogP contribution in [0.4, 0.5) is 11.6 Å². The number of amides is 1. The molecule has 3 N–H and O–H groups in total. The van der Waals surface area contributed by atoms with Crippen LogP contribution in [-0.4, -0.2) is 21.1 Å². The number of nitrogens with zero attached hydrogens (tertiary/aromatic N) is 3. The van der Waals surface area contributed by atoms with E-state index in [2.05, 4.69) is 25.8 Å². The summed E-state index contributed by atoms with van der Waals surface area (Å²) in [5.74, 6) is -0.108. The van der Waals surface area contributed by atoms with Crippen molar-refractivity contribution in [2.75, 3.05) is 10.6 Å². The highest BCUT2D eigenvalue weighted by Crippen LogP contribution is 2.23. The molecule has 0 saturated heterocycles. The molecule has 118 valence electrons. The second-order valence-corrected chi connectivity index (χ2v) is 4.76. The molecule has 7 nitrogen and oxygen atoms in total. The van der Waals surface area contributed by atoms with Crippen molar-refractivity contribution in [1.82, 2.24) is 15.2 Å². The number of para-hydroxylation sites is 1. The van der Waals surface area contributed by atoms with Gasteiger partial charge in [0.1, 0.15) is 18.0 Å². The summed E-state index contributed by atoms with van der Waals surface area (Å²) < 4.78 is 0. The molecule has 1 amide bonds. The number of aryl methyl sites for hydroxylation is 2. The van der Waals surface area contributed by atoms with Crippen molar-refractivity contribution in [3.05, 3.63) is 47.4 Å². The average molecular weight is 310 g/mol. The Balaban J connectivity index is 2.20. The third-order valence-electron chi connectivity index (χ3n) is 3.37. The minimum absolute atomic E-state index is 0.0469. The van der Waals surface area contributed by atoms with Crippen molar-refractivity contribution < 1.29 is 4.79 Å². The number of nitrogens with one attached hydrogen (secondary N) is 3. The Morgan fingerprint density at radius 2 is 2.04 bits per heavy atom. The molecule has 7 heteroatoms. The molecular weight excluding hydrogens is 292 g/mol. The van der Waals surface area contributed by atoms with Gasteiger partial charge in [-0.25, -0.2) is 5.10 Å². The van der Waals surface area contributed by atoms with E-state index in [1.807, 2.05) is 38.1 Å². The van der Waals surface area contributed by atoms with Crippen LogP contribution in [0.5, 0.6) is 0 Å². The van der Waals surface area contributed by atoms with E-state index < -0.39 is 5.91 Å². The van der Waals surface area contributed by atoms with Crippen molar-refractivity contribution in [3.63, 3.8) is 0 Å². The smallest absolute Gasteiger partial charge is 0.267 e. The molecule has 1 heterocycles. The first kappa shape index (κ1) is 16.2. The van der Waals surface area contributed by atoms with Crippen molar-refractivity contribution in [3.8, 4) is 6.07 Å². The molecule has 0 bridgehead atoms. The molecule has 0 aliphatic heterocycles. The van der Waals surface area contributed by atoms with E-state index in [1.54, 1.807) is 0 Å². The summed E-state index contributed by atoms with van der Waals surface area (Å²) in [7, 11) is 0. The summed E-state index contributed by atoms with van der Waals surface area (Å²) in [5, 5.41) is 21.0. The second kappa shape index (κ2) is 7.75. The highest BCUT2D eigenvalue weighted by atomic mass is 16.1. The molecule has 0 aliphatic carbocycles. The van der Waals surface area contributed by atoms with Gasteiger partial charge in [-0.05, 0) is 24.0 Å². The van der Waals surface area contributed by atoms with Gasteiger partial charge < -0.3 is 10.6 Å². The van der Waals surface area contributed by atoms with Crippen LogP contribution in [0, 0.1) is 11.3 Å². The minimum Gasteiger partial charge on any atom is -0.330 e. The minimum atomic E-state index is -0.463. The van der Waals surface area contributed by atoms with Gasteiger partial charge >= 0.3 is 0 Å². The van der Waals surface area contributed by atoms with E-state index in [0.717, 1.165) is 29.7 Å². The van der Waals surface area contributed by atoms with Crippen LogP contribution in [0.2, 0.25) is 0 Å². The second-order valence-electron chi connectivity index (χ2n) is 4.76. The maximum Gasteiger partial charge on any atom is 0.267 e. The molecule has 2 rings (SSSR count). The van der Waals surface area contributed by atoms with Gasteiger partial charge in [0.25, 0.3) is 5.91 Å². The number of hydrogen-bond acceptors (Lipinski definition) is 5. The van der Waals surface area contributed by atoms with E-state index in [-0.39, 0.29) is 5.57 Å².